The van der Waals surface area contributed by atoms with Gasteiger partial charge >= 0.3 is 0 Å². The van der Waals surface area contributed by atoms with Gasteiger partial charge in [-0.25, -0.2) is 4.98 Å². The number of pyridine rings is 1. The highest BCUT2D eigenvalue weighted by molar-refractivity contribution is 6.30. The van der Waals surface area contributed by atoms with Crippen LogP contribution >= 0.6 is 11.6 Å². The van der Waals surface area contributed by atoms with E-state index in [2.05, 4.69) is 10.3 Å². The number of ether oxygens (including phenoxy) is 3. The number of carbonyl (C=O) groups excluding carboxylic acids is 2. The lowest BCUT2D eigenvalue weighted by Crippen LogP contribution is -2.28. The van der Waals surface area contributed by atoms with Crippen LogP contribution in [-0.4, -0.2) is 44.7 Å². The molecule has 3 rings (SSSR count). The maximum Gasteiger partial charge on any atom is 0.230 e. The van der Waals surface area contributed by atoms with E-state index in [0.29, 0.717) is 33.8 Å². The molecular weight excluding hydrogens is 386 g/mol. The molecule has 1 aliphatic heterocycles. The zero-order valence-corrected chi connectivity index (χ0v) is 16.4. The molecule has 148 valence electrons. The number of carbonyl (C=O) groups is 2. The van der Waals surface area contributed by atoms with Crippen molar-refractivity contribution in [2.75, 3.05) is 38.1 Å². The lowest BCUT2D eigenvalue weighted by atomic mass is 10.1. The van der Waals surface area contributed by atoms with Gasteiger partial charge in [-0.3, -0.25) is 9.59 Å². The van der Waals surface area contributed by atoms with Crippen LogP contribution < -0.4 is 24.4 Å². The number of aromatic nitrogens is 1. The first-order valence-electron chi connectivity index (χ1n) is 8.49. The smallest absolute Gasteiger partial charge is 0.230 e. The van der Waals surface area contributed by atoms with Crippen LogP contribution in [0.5, 0.6) is 17.2 Å². The summed E-state index contributed by atoms with van der Waals surface area (Å²) in [5.74, 6) is 0.725. The molecule has 1 atom stereocenters. The minimum Gasteiger partial charge on any atom is -0.493 e. The second-order valence-corrected chi connectivity index (χ2v) is 6.58. The summed E-state index contributed by atoms with van der Waals surface area (Å²) in [4.78, 5) is 30.6. The van der Waals surface area contributed by atoms with Crippen LogP contribution in [0.3, 0.4) is 0 Å². The van der Waals surface area contributed by atoms with Crippen molar-refractivity contribution < 1.29 is 23.8 Å². The largest absolute Gasteiger partial charge is 0.493 e. The molecule has 1 N–H and O–H groups in total. The van der Waals surface area contributed by atoms with Crippen molar-refractivity contribution in [3.63, 3.8) is 0 Å². The Morgan fingerprint density at radius 1 is 1.18 bits per heavy atom. The summed E-state index contributed by atoms with van der Waals surface area (Å²) in [6.45, 7) is 0.233. The molecule has 9 heteroatoms. The Hall–Kier alpha value is -3.00. The van der Waals surface area contributed by atoms with E-state index in [1.165, 1.54) is 32.4 Å². The SMILES string of the molecule is COc1cc(N2CC(C(=O)Nc3ccc(Cl)cn3)CC2=O)cc(OC)c1OC. The minimum atomic E-state index is -0.510. The van der Waals surface area contributed by atoms with Gasteiger partial charge in [0.2, 0.25) is 17.6 Å². The molecule has 2 heterocycles. The van der Waals surface area contributed by atoms with E-state index in [-0.39, 0.29) is 24.8 Å². The Bertz CT molecular complexity index is 863. The number of hydrogen-bond acceptors (Lipinski definition) is 6. The van der Waals surface area contributed by atoms with Crippen LogP contribution in [-0.2, 0) is 9.59 Å². The first kappa shape index (κ1) is 19.8. The molecule has 0 spiro atoms. The molecule has 8 nitrogen and oxygen atoms in total. The summed E-state index contributed by atoms with van der Waals surface area (Å²) >= 11 is 5.80. The van der Waals surface area contributed by atoms with Gasteiger partial charge in [0.05, 0.1) is 38.0 Å². The van der Waals surface area contributed by atoms with E-state index >= 15 is 0 Å². The second-order valence-electron chi connectivity index (χ2n) is 6.14. The lowest BCUT2D eigenvalue weighted by Gasteiger charge is -2.20. The fraction of sp³-hybridized carbons (Fsp3) is 0.316. The summed E-state index contributed by atoms with van der Waals surface area (Å²) in [5.41, 5.74) is 0.569. The van der Waals surface area contributed by atoms with Crippen molar-refractivity contribution in [2.45, 2.75) is 6.42 Å². The maximum atomic E-state index is 12.5. The van der Waals surface area contributed by atoms with Gasteiger partial charge in [0, 0.05) is 31.3 Å². The van der Waals surface area contributed by atoms with Crippen molar-refractivity contribution >= 4 is 34.9 Å². The summed E-state index contributed by atoms with van der Waals surface area (Å²) in [6.07, 6.45) is 1.54. The Morgan fingerprint density at radius 2 is 1.86 bits per heavy atom. The number of nitrogens with zero attached hydrogens (tertiary/aromatic N) is 2. The monoisotopic (exact) mass is 405 g/mol. The highest BCUT2D eigenvalue weighted by atomic mass is 35.5. The molecule has 0 bridgehead atoms. The van der Waals surface area contributed by atoms with Gasteiger partial charge in [-0.2, -0.15) is 0 Å². The summed E-state index contributed by atoms with van der Waals surface area (Å²) in [5, 5.41) is 3.18. The molecule has 0 radical (unpaired) electrons. The van der Waals surface area contributed by atoms with Gasteiger partial charge < -0.3 is 24.4 Å². The zero-order chi connectivity index (χ0) is 20.3. The number of methoxy groups -OCH3 is 3. The van der Waals surface area contributed by atoms with E-state index in [1.54, 1.807) is 24.3 Å². The third-order valence-corrected chi connectivity index (χ3v) is 4.66. The number of amides is 2. The molecule has 1 unspecified atom stereocenters. The van der Waals surface area contributed by atoms with Gasteiger partial charge in [0.15, 0.2) is 11.5 Å². The van der Waals surface area contributed by atoms with Crippen molar-refractivity contribution in [3.8, 4) is 17.2 Å². The molecule has 2 amide bonds. The van der Waals surface area contributed by atoms with Crippen molar-refractivity contribution in [3.05, 3.63) is 35.5 Å². The van der Waals surface area contributed by atoms with E-state index in [0.717, 1.165) is 0 Å². The molecule has 1 aromatic heterocycles. The van der Waals surface area contributed by atoms with Gasteiger partial charge in [0.25, 0.3) is 0 Å². The van der Waals surface area contributed by atoms with Crippen LogP contribution in [0.1, 0.15) is 6.42 Å². The van der Waals surface area contributed by atoms with Crippen LogP contribution in [0.25, 0.3) is 0 Å². The molecule has 1 fully saturated rings. The van der Waals surface area contributed by atoms with E-state index in [9.17, 15) is 9.59 Å². The van der Waals surface area contributed by atoms with Gasteiger partial charge in [-0.1, -0.05) is 11.6 Å². The predicted octanol–water partition coefficient (Wildman–Crippen LogP) is 2.75. The Morgan fingerprint density at radius 3 is 2.39 bits per heavy atom. The van der Waals surface area contributed by atoms with Gasteiger partial charge in [-0.05, 0) is 12.1 Å². The molecule has 1 aliphatic rings. The highest BCUT2D eigenvalue weighted by Gasteiger charge is 2.36. The molecule has 1 saturated heterocycles. The summed E-state index contributed by atoms with van der Waals surface area (Å²) in [7, 11) is 4.51. The number of anilines is 2. The lowest BCUT2D eigenvalue weighted by molar-refractivity contribution is -0.122. The Labute approximate surface area is 167 Å². The first-order chi connectivity index (χ1) is 13.5. The standard InChI is InChI=1S/C19H20ClN3O5/c1-26-14-7-13(8-15(27-2)18(14)28-3)23-10-11(6-17(23)24)19(25)22-16-5-4-12(20)9-21-16/h4-5,7-9,11H,6,10H2,1-3H3,(H,21,22,25). The van der Waals surface area contributed by atoms with Crippen LogP contribution in [0, 0.1) is 5.92 Å². The summed E-state index contributed by atoms with van der Waals surface area (Å²) < 4.78 is 16.0. The highest BCUT2D eigenvalue weighted by Crippen LogP contribution is 2.42. The average molecular weight is 406 g/mol. The quantitative estimate of drug-likeness (QED) is 0.794. The molecule has 0 aliphatic carbocycles. The predicted molar refractivity (Wildman–Crippen MR) is 104 cm³/mol. The van der Waals surface area contributed by atoms with E-state index < -0.39 is 5.92 Å². The number of benzene rings is 1. The summed E-state index contributed by atoms with van der Waals surface area (Å²) in [6, 6.07) is 6.60. The number of hydrogen-bond donors (Lipinski definition) is 1. The topological polar surface area (TPSA) is 90.0 Å². The normalized spacial score (nSPS) is 16.1. The van der Waals surface area contributed by atoms with Gasteiger partial charge in [-0.15, -0.1) is 0 Å². The number of rotatable bonds is 6. The van der Waals surface area contributed by atoms with Crippen LogP contribution in [0.4, 0.5) is 11.5 Å². The van der Waals surface area contributed by atoms with E-state index in [4.69, 9.17) is 25.8 Å². The van der Waals surface area contributed by atoms with Gasteiger partial charge in [0.1, 0.15) is 5.82 Å². The molecule has 28 heavy (non-hydrogen) atoms. The third-order valence-electron chi connectivity index (χ3n) is 4.44. The molecule has 2 aromatic rings. The Balaban J connectivity index is 1.79. The fourth-order valence-electron chi connectivity index (χ4n) is 3.03. The van der Waals surface area contributed by atoms with Crippen LogP contribution in [0.2, 0.25) is 5.02 Å². The number of halogens is 1. The Kier molecular flexibility index (Phi) is 5.89. The van der Waals surface area contributed by atoms with Crippen molar-refractivity contribution in [2.24, 2.45) is 5.92 Å². The molecule has 1 aromatic carbocycles. The first-order valence-corrected chi connectivity index (χ1v) is 8.87. The minimum absolute atomic E-state index is 0.0933. The number of nitrogens with one attached hydrogen (secondary N) is 1. The fourth-order valence-corrected chi connectivity index (χ4v) is 3.15. The second kappa shape index (κ2) is 8.35. The maximum absolute atomic E-state index is 12.5. The van der Waals surface area contributed by atoms with Crippen LogP contribution in [0.15, 0.2) is 30.5 Å². The van der Waals surface area contributed by atoms with E-state index in [1.807, 2.05) is 0 Å². The molecule has 0 saturated carbocycles. The van der Waals surface area contributed by atoms with Crippen molar-refractivity contribution in [1.82, 2.24) is 4.98 Å². The van der Waals surface area contributed by atoms with Crippen molar-refractivity contribution in [1.29, 1.82) is 0 Å². The third kappa shape index (κ3) is 3.96. The average Bonchev–Trinajstić information content (AvgIpc) is 3.10. The molecular formula is C19H20ClN3O5. The zero-order valence-electron chi connectivity index (χ0n) is 15.7.